The molecule has 0 unspecified atom stereocenters. The number of fused-ring (bicyclic) bond motifs is 3. The molecule has 0 amide bonds. The van der Waals surface area contributed by atoms with Crippen molar-refractivity contribution in [2.24, 2.45) is 0 Å². The van der Waals surface area contributed by atoms with Gasteiger partial charge in [-0.2, -0.15) is 0 Å². The fraction of sp³-hybridized carbons (Fsp3) is 0.0526. The standard InChI is InChI=1S/C26H20N2.2C6H5.2ClH.Sn/c1-17-15-23(19-9-5-3-6-10-19)21-13-14-22-24(20-11-7-4-8-12-20)16-18(2)28-26(22)25(21)27-17;2*1-2-4-6-5-3-1;;;/h3-16H,1-2H3;2*1-5H;2*1H;/q;;;;;+2/p-2. The number of hydrogen-bond donors (Lipinski definition) is 0. The van der Waals surface area contributed by atoms with E-state index in [9.17, 15) is 0 Å². The summed E-state index contributed by atoms with van der Waals surface area (Å²) in [6.45, 7) is 4.11. The van der Waals surface area contributed by atoms with E-state index >= 15 is 0 Å². The molecule has 43 heavy (non-hydrogen) atoms. The molecule has 5 aromatic carbocycles. The molecule has 0 spiro atoms. The Balaban J connectivity index is 0.000000185. The Morgan fingerprint density at radius 2 is 0.767 bits per heavy atom. The van der Waals surface area contributed by atoms with Gasteiger partial charge in [-0.1, -0.05) is 72.8 Å². The van der Waals surface area contributed by atoms with Crippen LogP contribution in [0.15, 0.2) is 146 Å². The van der Waals surface area contributed by atoms with Gasteiger partial charge in [-0.15, -0.1) is 0 Å². The van der Waals surface area contributed by atoms with Crippen molar-refractivity contribution in [2.75, 3.05) is 0 Å². The van der Waals surface area contributed by atoms with Crippen molar-refractivity contribution in [2.45, 2.75) is 13.8 Å². The van der Waals surface area contributed by atoms with E-state index in [2.05, 4.69) is 86.6 Å². The van der Waals surface area contributed by atoms with E-state index in [1.54, 1.807) is 0 Å². The monoisotopic (exact) mass is 704 g/mol. The van der Waals surface area contributed by atoms with Gasteiger partial charge in [-0.3, -0.25) is 9.97 Å². The molecule has 0 aliphatic heterocycles. The second kappa shape index (κ2) is 12.9. The van der Waals surface area contributed by atoms with E-state index in [0.29, 0.717) is 0 Å². The van der Waals surface area contributed by atoms with Crippen LogP contribution in [0.3, 0.4) is 0 Å². The molecule has 0 radical (unpaired) electrons. The van der Waals surface area contributed by atoms with Crippen LogP contribution in [-0.2, 0) is 0 Å². The Bertz CT molecular complexity index is 1850. The molecule has 0 bridgehead atoms. The van der Waals surface area contributed by atoms with E-state index in [4.69, 9.17) is 27.8 Å². The van der Waals surface area contributed by atoms with E-state index in [1.807, 2.05) is 72.8 Å². The summed E-state index contributed by atoms with van der Waals surface area (Å²) in [7, 11) is 13.1. The molecule has 0 saturated carbocycles. The molecule has 0 saturated heterocycles. The molecule has 0 N–H and O–H groups in total. The van der Waals surface area contributed by atoms with Crippen LogP contribution in [-0.4, -0.2) is 26.1 Å². The van der Waals surface area contributed by atoms with Crippen molar-refractivity contribution in [3.8, 4) is 22.3 Å². The molecule has 0 aliphatic carbocycles. The van der Waals surface area contributed by atoms with Crippen molar-refractivity contribution < 1.29 is 0 Å². The third-order valence-corrected chi connectivity index (χ3v) is 19.4. The first-order valence-corrected chi connectivity index (χ1v) is 24.3. The van der Waals surface area contributed by atoms with Crippen LogP contribution in [0, 0.1) is 13.8 Å². The molecule has 2 heterocycles. The second-order valence-electron chi connectivity index (χ2n) is 10.5. The van der Waals surface area contributed by atoms with Crippen LogP contribution in [0.2, 0.25) is 0 Å². The number of pyridine rings is 2. The van der Waals surface area contributed by atoms with Crippen LogP contribution in [0.4, 0.5) is 0 Å². The van der Waals surface area contributed by atoms with Gasteiger partial charge < -0.3 is 0 Å². The van der Waals surface area contributed by atoms with Crippen molar-refractivity contribution in [3.63, 3.8) is 0 Å². The molecule has 0 aliphatic rings. The summed E-state index contributed by atoms with van der Waals surface area (Å²) in [6.07, 6.45) is 0. The molecule has 0 fully saturated rings. The predicted molar refractivity (Wildman–Crippen MR) is 187 cm³/mol. The zero-order valence-corrected chi connectivity index (χ0v) is 28.4. The molecule has 0 atom stereocenters. The normalized spacial score (nSPS) is 11.3. The van der Waals surface area contributed by atoms with Crippen LogP contribution in [0.25, 0.3) is 44.1 Å². The van der Waals surface area contributed by atoms with Crippen LogP contribution < -0.4 is 7.16 Å². The SMILES string of the molecule is Cc1cc(-c2ccccc2)c2ccc3c(-c4ccccc4)cc(C)nc3c2n1.[Cl][Sn]([Cl])([c]1ccccc1)[c]1ccccc1. The van der Waals surface area contributed by atoms with E-state index in [1.165, 1.54) is 22.3 Å². The van der Waals surface area contributed by atoms with Crippen LogP contribution in [0.1, 0.15) is 11.4 Å². The quantitative estimate of drug-likeness (QED) is 0.135. The molecule has 2 aromatic heterocycles. The summed E-state index contributed by atoms with van der Waals surface area (Å²) in [5.41, 5.74) is 8.76. The molecule has 2 nitrogen and oxygen atoms in total. The van der Waals surface area contributed by atoms with Crippen molar-refractivity contribution in [1.82, 2.24) is 9.97 Å². The molecular formula is C38H30Cl2N2Sn. The summed E-state index contributed by atoms with van der Waals surface area (Å²) >= 11 is -3.30. The maximum absolute atomic E-state index is 6.56. The number of aromatic nitrogens is 2. The topological polar surface area (TPSA) is 25.8 Å². The van der Waals surface area contributed by atoms with Crippen LogP contribution >= 0.6 is 17.8 Å². The zero-order chi connectivity index (χ0) is 29.8. The fourth-order valence-electron chi connectivity index (χ4n) is 5.41. The molecule has 210 valence electrons. The summed E-state index contributed by atoms with van der Waals surface area (Å²) in [6, 6.07) is 49.7. The van der Waals surface area contributed by atoms with Crippen molar-refractivity contribution in [1.29, 1.82) is 0 Å². The van der Waals surface area contributed by atoms with Gasteiger partial charge in [0.25, 0.3) is 0 Å². The van der Waals surface area contributed by atoms with Crippen LogP contribution in [0.5, 0.6) is 0 Å². The summed E-state index contributed by atoms with van der Waals surface area (Å²) in [5, 5.41) is 2.28. The second-order valence-corrected chi connectivity index (χ2v) is 26.0. The van der Waals surface area contributed by atoms with Gasteiger partial charge in [0.05, 0.1) is 11.0 Å². The Kier molecular flexibility index (Phi) is 8.80. The van der Waals surface area contributed by atoms with Gasteiger partial charge in [0.1, 0.15) is 0 Å². The molecular weight excluding hydrogens is 674 g/mol. The van der Waals surface area contributed by atoms with Crippen molar-refractivity contribution in [3.05, 3.63) is 157 Å². The van der Waals surface area contributed by atoms with Gasteiger partial charge >= 0.3 is 102 Å². The van der Waals surface area contributed by atoms with E-state index in [-0.39, 0.29) is 0 Å². The molecule has 7 rings (SSSR count). The summed E-state index contributed by atoms with van der Waals surface area (Å²) in [4.78, 5) is 9.81. The van der Waals surface area contributed by atoms with Crippen molar-refractivity contribution >= 4 is 62.9 Å². The Morgan fingerprint density at radius 1 is 0.442 bits per heavy atom. The third-order valence-electron chi connectivity index (χ3n) is 7.46. The molecule has 5 heteroatoms. The first-order chi connectivity index (χ1) is 20.9. The predicted octanol–water partition coefficient (Wildman–Crippen LogP) is 9.45. The van der Waals surface area contributed by atoms with E-state index < -0.39 is 16.1 Å². The number of rotatable bonds is 4. The van der Waals surface area contributed by atoms with Gasteiger partial charge in [-0.05, 0) is 48.2 Å². The minimum absolute atomic E-state index is 0.970. The van der Waals surface area contributed by atoms with Gasteiger partial charge in [-0.25, -0.2) is 0 Å². The number of benzene rings is 5. The van der Waals surface area contributed by atoms with Gasteiger partial charge in [0, 0.05) is 22.2 Å². The van der Waals surface area contributed by atoms with Gasteiger partial charge in [0.15, 0.2) is 0 Å². The van der Waals surface area contributed by atoms with Gasteiger partial charge in [0.2, 0.25) is 0 Å². The number of nitrogens with zero attached hydrogens (tertiary/aromatic N) is 2. The fourth-order valence-corrected chi connectivity index (χ4v) is 13.2. The number of hydrogen-bond acceptors (Lipinski definition) is 2. The average molecular weight is 704 g/mol. The maximum atomic E-state index is 6.56. The Labute approximate surface area is 264 Å². The van der Waals surface area contributed by atoms with E-state index in [0.717, 1.165) is 40.4 Å². The number of halogens is 2. The Morgan fingerprint density at radius 3 is 1.12 bits per heavy atom. The molecule has 7 aromatic rings. The minimum atomic E-state index is -3.30. The first-order valence-electron chi connectivity index (χ1n) is 14.2. The Hall–Kier alpha value is -3.70. The number of aryl methyl sites for hydroxylation is 2. The summed E-state index contributed by atoms with van der Waals surface area (Å²) < 4.78 is 2.20. The average Bonchev–Trinajstić information content (AvgIpc) is 3.06. The first kappa shape index (κ1) is 29.4. The third kappa shape index (κ3) is 6.33. The zero-order valence-electron chi connectivity index (χ0n) is 24.0. The summed E-state index contributed by atoms with van der Waals surface area (Å²) in [5.74, 6) is 0.